The van der Waals surface area contributed by atoms with Crippen molar-refractivity contribution in [2.75, 3.05) is 31.1 Å². The zero-order valence-corrected chi connectivity index (χ0v) is 20.7. The summed E-state index contributed by atoms with van der Waals surface area (Å²) in [7, 11) is -3.68. The lowest BCUT2D eigenvalue weighted by molar-refractivity contribution is -0.126. The largest absolute Gasteiger partial charge is 0.371 e. The summed E-state index contributed by atoms with van der Waals surface area (Å²) < 4.78 is 40.1. The fourth-order valence-corrected chi connectivity index (χ4v) is 6.40. The second-order valence-corrected chi connectivity index (χ2v) is 11.6. The number of amides is 1. The van der Waals surface area contributed by atoms with Crippen LogP contribution in [0.1, 0.15) is 51.1 Å². The average Bonchev–Trinajstić information content (AvgIpc) is 2.84. The third kappa shape index (κ3) is 5.61. The second-order valence-electron chi connectivity index (χ2n) is 9.65. The Morgan fingerprint density at radius 2 is 1.65 bits per heavy atom. The number of rotatable bonds is 6. The van der Waals surface area contributed by atoms with Crippen LogP contribution in [-0.4, -0.2) is 44.8 Å². The van der Waals surface area contributed by atoms with E-state index in [0.717, 1.165) is 30.8 Å². The van der Waals surface area contributed by atoms with Crippen molar-refractivity contribution in [3.63, 3.8) is 0 Å². The lowest BCUT2D eigenvalue weighted by Crippen LogP contribution is -2.43. The van der Waals surface area contributed by atoms with Crippen LogP contribution in [0.4, 0.5) is 10.1 Å². The molecule has 2 aromatic carbocycles. The van der Waals surface area contributed by atoms with Crippen LogP contribution >= 0.6 is 0 Å². The van der Waals surface area contributed by atoms with E-state index in [1.807, 2.05) is 6.92 Å². The van der Waals surface area contributed by atoms with Gasteiger partial charge in [-0.3, -0.25) is 4.79 Å². The predicted octanol–water partition coefficient (Wildman–Crippen LogP) is 4.34. The number of benzene rings is 2. The molecule has 2 atom stereocenters. The zero-order chi connectivity index (χ0) is 24.3. The number of nitrogens with one attached hydrogen (secondary N) is 1. The Kier molecular flexibility index (Phi) is 7.57. The van der Waals surface area contributed by atoms with Crippen molar-refractivity contribution >= 4 is 21.6 Å². The fourth-order valence-electron chi connectivity index (χ4n) is 4.93. The van der Waals surface area contributed by atoms with Gasteiger partial charge in [-0.25, -0.2) is 12.8 Å². The Hall–Kier alpha value is -2.45. The second kappa shape index (κ2) is 10.4. The fraction of sp³-hybridized carbons (Fsp3) is 0.500. The molecule has 0 radical (unpaired) electrons. The van der Waals surface area contributed by atoms with Crippen LogP contribution < -0.4 is 10.2 Å². The maximum absolute atomic E-state index is 13.1. The molecule has 0 aliphatic carbocycles. The molecular formula is C26H34FN3O3S. The van der Waals surface area contributed by atoms with Gasteiger partial charge in [0.05, 0.1) is 10.9 Å². The summed E-state index contributed by atoms with van der Waals surface area (Å²) in [6.07, 6.45) is 3.43. The third-order valence-corrected chi connectivity index (χ3v) is 8.96. The highest BCUT2D eigenvalue weighted by molar-refractivity contribution is 7.89. The highest BCUT2D eigenvalue weighted by Gasteiger charge is 2.32. The number of sulfonamides is 1. The normalized spacial score (nSPS) is 21.3. The van der Waals surface area contributed by atoms with Crippen LogP contribution in [0.5, 0.6) is 0 Å². The van der Waals surface area contributed by atoms with Crippen LogP contribution in [0, 0.1) is 17.7 Å². The summed E-state index contributed by atoms with van der Waals surface area (Å²) in [6.45, 7) is 6.99. The van der Waals surface area contributed by atoms with Crippen LogP contribution in [0.3, 0.4) is 0 Å². The van der Waals surface area contributed by atoms with E-state index in [9.17, 15) is 17.6 Å². The molecule has 0 saturated carbocycles. The molecule has 184 valence electrons. The molecule has 4 rings (SSSR count). The standard InChI is InChI=1S/C26H34FN3O3S/c1-19-4-3-15-29(18-19)24-9-5-21(6-10-24)20(2)28-26(31)22-13-16-30(17-14-22)34(32,33)25-11-7-23(27)8-12-25/h5-12,19-20,22H,3-4,13-18H2,1-2H3,(H,28,31)/t19-,20+/m1/s1. The molecule has 2 saturated heterocycles. The van der Waals surface area contributed by atoms with Gasteiger partial charge in [-0.1, -0.05) is 19.1 Å². The molecule has 2 aliphatic rings. The van der Waals surface area contributed by atoms with Crippen molar-refractivity contribution in [1.82, 2.24) is 9.62 Å². The smallest absolute Gasteiger partial charge is 0.243 e. The zero-order valence-electron chi connectivity index (χ0n) is 19.9. The summed E-state index contributed by atoms with van der Waals surface area (Å²) in [5, 5.41) is 3.10. The number of nitrogens with zero attached hydrogens (tertiary/aromatic N) is 2. The number of anilines is 1. The maximum atomic E-state index is 13.1. The van der Waals surface area contributed by atoms with Gasteiger partial charge >= 0.3 is 0 Å². The third-order valence-electron chi connectivity index (χ3n) is 7.05. The summed E-state index contributed by atoms with van der Waals surface area (Å²) in [6, 6.07) is 13.2. The van der Waals surface area contributed by atoms with Gasteiger partial charge in [0.1, 0.15) is 5.82 Å². The molecule has 0 spiro atoms. The Balaban J connectivity index is 1.30. The van der Waals surface area contributed by atoms with Crippen LogP contribution in [0.25, 0.3) is 0 Å². The van der Waals surface area contributed by atoms with Gasteiger partial charge < -0.3 is 10.2 Å². The number of carbonyl (C=O) groups is 1. The minimum absolute atomic E-state index is 0.0414. The number of hydrogen-bond acceptors (Lipinski definition) is 4. The van der Waals surface area contributed by atoms with Gasteiger partial charge in [0.15, 0.2) is 0 Å². The first-order valence-electron chi connectivity index (χ1n) is 12.1. The molecule has 1 amide bonds. The van der Waals surface area contributed by atoms with Crippen molar-refractivity contribution in [1.29, 1.82) is 0 Å². The molecule has 0 aromatic heterocycles. The highest BCUT2D eigenvalue weighted by atomic mass is 32.2. The molecule has 2 heterocycles. The Morgan fingerprint density at radius 3 is 2.26 bits per heavy atom. The van der Waals surface area contributed by atoms with Crippen LogP contribution in [0.2, 0.25) is 0 Å². The summed E-state index contributed by atoms with van der Waals surface area (Å²) in [4.78, 5) is 15.4. The molecule has 8 heteroatoms. The molecule has 0 unspecified atom stereocenters. The van der Waals surface area contributed by atoms with E-state index in [4.69, 9.17) is 0 Å². The molecule has 2 aliphatic heterocycles. The first kappa shape index (κ1) is 24.7. The van der Waals surface area contributed by atoms with E-state index in [2.05, 4.69) is 41.4 Å². The van der Waals surface area contributed by atoms with Crippen molar-refractivity contribution in [2.45, 2.75) is 50.5 Å². The minimum atomic E-state index is -3.68. The van der Waals surface area contributed by atoms with Crippen LogP contribution in [0.15, 0.2) is 53.4 Å². The number of piperidine rings is 2. The first-order valence-corrected chi connectivity index (χ1v) is 13.6. The summed E-state index contributed by atoms with van der Waals surface area (Å²) >= 11 is 0. The van der Waals surface area contributed by atoms with E-state index in [1.54, 1.807) is 0 Å². The van der Waals surface area contributed by atoms with E-state index in [1.165, 1.54) is 35.0 Å². The Bertz CT molecular complexity index is 1080. The van der Waals surface area contributed by atoms with Crippen LogP contribution in [-0.2, 0) is 14.8 Å². The van der Waals surface area contributed by atoms with Gasteiger partial charge in [-0.15, -0.1) is 0 Å². The lowest BCUT2D eigenvalue weighted by Gasteiger charge is -2.33. The number of hydrogen-bond donors (Lipinski definition) is 1. The number of halogens is 1. The molecular weight excluding hydrogens is 453 g/mol. The molecule has 1 N–H and O–H groups in total. The van der Waals surface area contributed by atoms with Gasteiger partial charge in [0.25, 0.3) is 0 Å². The van der Waals surface area contributed by atoms with Gasteiger partial charge in [0, 0.05) is 37.8 Å². The molecule has 2 aromatic rings. The Morgan fingerprint density at radius 1 is 1.00 bits per heavy atom. The predicted molar refractivity (Wildman–Crippen MR) is 131 cm³/mol. The first-order chi connectivity index (χ1) is 16.2. The van der Waals surface area contributed by atoms with Crippen molar-refractivity contribution in [3.05, 3.63) is 59.9 Å². The summed E-state index contributed by atoms with van der Waals surface area (Å²) in [5.74, 6) is -0.0283. The Labute approximate surface area is 202 Å². The topological polar surface area (TPSA) is 69.7 Å². The van der Waals surface area contributed by atoms with Gasteiger partial charge in [0.2, 0.25) is 15.9 Å². The van der Waals surface area contributed by atoms with Crippen molar-refractivity contribution in [3.8, 4) is 0 Å². The van der Waals surface area contributed by atoms with Gasteiger partial charge in [-0.05, 0) is 80.5 Å². The molecule has 6 nitrogen and oxygen atoms in total. The monoisotopic (exact) mass is 487 g/mol. The maximum Gasteiger partial charge on any atom is 0.243 e. The SMILES string of the molecule is C[C@@H]1CCCN(c2ccc([C@H](C)NC(=O)C3CCN(S(=O)(=O)c4ccc(F)cc4)CC3)cc2)C1. The minimum Gasteiger partial charge on any atom is -0.371 e. The average molecular weight is 488 g/mol. The molecule has 0 bridgehead atoms. The lowest BCUT2D eigenvalue weighted by atomic mass is 9.96. The van der Waals surface area contributed by atoms with E-state index in [0.29, 0.717) is 18.8 Å². The van der Waals surface area contributed by atoms with Gasteiger partial charge in [-0.2, -0.15) is 4.31 Å². The quantitative estimate of drug-likeness (QED) is 0.658. The van der Waals surface area contributed by atoms with E-state index >= 15 is 0 Å². The summed E-state index contributed by atoms with van der Waals surface area (Å²) in [5.41, 5.74) is 2.28. The van der Waals surface area contributed by atoms with Crippen molar-refractivity contribution in [2.24, 2.45) is 11.8 Å². The highest BCUT2D eigenvalue weighted by Crippen LogP contribution is 2.27. The van der Waals surface area contributed by atoms with E-state index < -0.39 is 15.8 Å². The number of carbonyl (C=O) groups excluding carboxylic acids is 1. The van der Waals surface area contributed by atoms with Crippen molar-refractivity contribution < 1.29 is 17.6 Å². The van der Waals surface area contributed by atoms with E-state index in [-0.39, 0.29) is 35.9 Å². The molecule has 34 heavy (non-hydrogen) atoms. The molecule has 2 fully saturated rings.